The minimum atomic E-state index is -0.883. The van der Waals surface area contributed by atoms with Crippen molar-refractivity contribution in [1.29, 1.82) is 0 Å². The molecule has 6 heteroatoms. The predicted octanol–water partition coefficient (Wildman–Crippen LogP) is 1.51. The number of hydrogen-bond acceptors (Lipinski definition) is 3. The molecule has 1 aliphatic rings. The van der Waals surface area contributed by atoms with Gasteiger partial charge in [0.25, 0.3) is 0 Å². The van der Waals surface area contributed by atoms with E-state index < -0.39 is 11.9 Å². The monoisotopic (exact) mass is 286 g/mol. The molecule has 1 unspecified atom stereocenters. The van der Waals surface area contributed by atoms with Crippen LogP contribution < -0.4 is 0 Å². The molecule has 6 nitrogen and oxygen atoms in total. The number of hydrogen-bond donors (Lipinski definition) is 1. The lowest BCUT2D eigenvalue weighted by atomic mass is 10.2. The summed E-state index contributed by atoms with van der Waals surface area (Å²) in [5.41, 5.74) is 0. The molecule has 116 valence electrons. The van der Waals surface area contributed by atoms with Crippen molar-refractivity contribution in [2.75, 3.05) is 39.9 Å². The number of carbonyl (C=O) groups is 2. The number of rotatable bonds is 9. The highest BCUT2D eigenvalue weighted by atomic mass is 16.5. The summed E-state index contributed by atoms with van der Waals surface area (Å²) in [6.07, 6.45) is 2.51. The Hall–Kier alpha value is -1.30. The molecule has 0 heterocycles. The smallest absolute Gasteiger partial charge is 0.319 e. The number of carboxylic acid groups (broad SMARTS) is 1. The first-order valence-corrected chi connectivity index (χ1v) is 7.26. The lowest BCUT2D eigenvalue weighted by molar-refractivity contribution is -0.141. The van der Waals surface area contributed by atoms with Gasteiger partial charge in [0, 0.05) is 33.3 Å². The molecule has 0 radical (unpaired) electrons. The SMILES string of the molecule is CCN(CC(C)C(=O)O)C(=O)N(C)CCOCC1CC1. The van der Waals surface area contributed by atoms with E-state index in [0.29, 0.717) is 19.7 Å². The van der Waals surface area contributed by atoms with Crippen LogP contribution in [0.4, 0.5) is 4.79 Å². The van der Waals surface area contributed by atoms with Gasteiger partial charge in [-0.15, -0.1) is 0 Å². The molecule has 0 aromatic rings. The Kier molecular flexibility index (Phi) is 6.78. The summed E-state index contributed by atoms with van der Waals surface area (Å²) < 4.78 is 5.50. The van der Waals surface area contributed by atoms with Crippen molar-refractivity contribution >= 4 is 12.0 Å². The van der Waals surface area contributed by atoms with Crippen molar-refractivity contribution in [3.8, 4) is 0 Å². The largest absolute Gasteiger partial charge is 0.481 e. The number of urea groups is 1. The Balaban J connectivity index is 2.29. The summed E-state index contributed by atoms with van der Waals surface area (Å²) in [6, 6.07) is -0.143. The summed E-state index contributed by atoms with van der Waals surface area (Å²) in [4.78, 5) is 26.2. The third-order valence-corrected chi connectivity index (χ3v) is 3.52. The van der Waals surface area contributed by atoms with Crippen molar-refractivity contribution in [2.45, 2.75) is 26.7 Å². The minimum Gasteiger partial charge on any atom is -0.481 e. The van der Waals surface area contributed by atoms with Crippen LogP contribution in [0.3, 0.4) is 0 Å². The zero-order valence-electron chi connectivity index (χ0n) is 12.7. The van der Waals surface area contributed by atoms with Crippen LogP contribution >= 0.6 is 0 Å². The summed E-state index contributed by atoms with van der Waals surface area (Å²) >= 11 is 0. The fourth-order valence-electron chi connectivity index (χ4n) is 1.82. The van der Waals surface area contributed by atoms with E-state index in [1.165, 1.54) is 12.8 Å². The average molecular weight is 286 g/mol. The lowest BCUT2D eigenvalue weighted by Gasteiger charge is -2.28. The number of ether oxygens (including phenoxy) is 1. The van der Waals surface area contributed by atoms with E-state index in [-0.39, 0.29) is 12.6 Å². The maximum Gasteiger partial charge on any atom is 0.319 e. The van der Waals surface area contributed by atoms with Crippen molar-refractivity contribution in [2.24, 2.45) is 11.8 Å². The Bertz CT molecular complexity index is 331. The first kappa shape index (κ1) is 16.8. The van der Waals surface area contributed by atoms with Gasteiger partial charge in [0.05, 0.1) is 12.5 Å². The van der Waals surface area contributed by atoms with Crippen LogP contribution in [0.15, 0.2) is 0 Å². The molecule has 0 bridgehead atoms. The van der Waals surface area contributed by atoms with Crippen molar-refractivity contribution in [1.82, 2.24) is 9.80 Å². The van der Waals surface area contributed by atoms with Gasteiger partial charge < -0.3 is 19.6 Å². The quantitative estimate of drug-likeness (QED) is 0.652. The van der Waals surface area contributed by atoms with Crippen molar-refractivity contribution in [3.05, 3.63) is 0 Å². The molecule has 2 amide bonds. The van der Waals surface area contributed by atoms with E-state index in [9.17, 15) is 9.59 Å². The van der Waals surface area contributed by atoms with Crippen molar-refractivity contribution in [3.63, 3.8) is 0 Å². The molecule has 20 heavy (non-hydrogen) atoms. The molecule has 1 saturated carbocycles. The number of carbonyl (C=O) groups excluding carboxylic acids is 1. The van der Waals surface area contributed by atoms with Gasteiger partial charge in [-0.1, -0.05) is 6.92 Å². The second-order valence-electron chi connectivity index (χ2n) is 5.50. The van der Waals surface area contributed by atoms with Crippen molar-refractivity contribution < 1.29 is 19.4 Å². The fourth-order valence-corrected chi connectivity index (χ4v) is 1.82. The van der Waals surface area contributed by atoms with Gasteiger partial charge in [-0.05, 0) is 25.7 Å². The van der Waals surface area contributed by atoms with Gasteiger partial charge in [0.2, 0.25) is 0 Å². The van der Waals surface area contributed by atoms with Gasteiger partial charge in [-0.3, -0.25) is 4.79 Å². The van der Waals surface area contributed by atoms with Crippen LogP contribution in [0.2, 0.25) is 0 Å². The summed E-state index contributed by atoms with van der Waals surface area (Å²) in [7, 11) is 1.72. The first-order chi connectivity index (χ1) is 9.45. The van der Waals surface area contributed by atoms with E-state index in [1.54, 1.807) is 23.8 Å². The highest BCUT2D eigenvalue weighted by Crippen LogP contribution is 2.28. The Morgan fingerprint density at radius 2 is 2.05 bits per heavy atom. The molecule has 0 aromatic heterocycles. The predicted molar refractivity (Wildman–Crippen MR) is 75.6 cm³/mol. The third kappa shape index (κ3) is 5.77. The van der Waals surface area contributed by atoms with E-state index in [1.807, 2.05) is 6.92 Å². The van der Waals surface area contributed by atoms with Gasteiger partial charge in [-0.25, -0.2) is 4.79 Å². The Morgan fingerprint density at radius 1 is 1.40 bits per heavy atom. The lowest BCUT2D eigenvalue weighted by Crippen LogP contribution is -2.45. The molecule has 0 aromatic carbocycles. The molecule has 1 rings (SSSR count). The first-order valence-electron chi connectivity index (χ1n) is 7.26. The second kappa shape index (κ2) is 8.09. The molecule has 0 saturated heterocycles. The number of carboxylic acids is 1. The molecule has 1 atom stereocenters. The van der Waals surface area contributed by atoms with E-state index in [0.717, 1.165) is 12.5 Å². The molecule has 0 aliphatic heterocycles. The molecular weight excluding hydrogens is 260 g/mol. The zero-order chi connectivity index (χ0) is 15.1. The van der Waals surface area contributed by atoms with E-state index >= 15 is 0 Å². The van der Waals surface area contributed by atoms with Crippen LogP contribution in [0.25, 0.3) is 0 Å². The number of amides is 2. The summed E-state index contributed by atoms with van der Waals surface area (Å²) in [5, 5.41) is 8.91. The Morgan fingerprint density at radius 3 is 2.55 bits per heavy atom. The fraction of sp³-hybridized carbons (Fsp3) is 0.857. The molecular formula is C14H26N2O4. The number of nitrogens with zero attached hydrogens (tertiary/aromatic N) is 2. The zero-order valence-corrected chi connectivity index (χ0v) is 12.7. The van der Waals surface area contributed by atoms with Crippen LogP contribution in [-0.4, -0.2) is 66.8 Å². The molecule has 1 aliphatic carbocycles. The standard InChI is InChI=1S/C14H26N2O4/c1-4-16(9-11(2)13(17)18)14(19)15(3)7-8-20-10-12-5-6-12/h11-12H,4-10H2,1-3H3,(H,17,18). The highest BCUT2D eigenvalue weighted by molar-refractivity contribution is 5.75. The molecule has 1 fully saturated rings. The van der Waals surface area contributed by atoms with Crippen LogP contribution in [0, 0.1) is 11.8 Å². The maximum atomic E-state index is 12.2. The number of likely N-dealkylation sites (N-methyl/N-ethyl adjacent to an activating group) is 1. The Labute approximate surface area is 120 Å². The topological polar surface area (TPSA) is 70.1 Å². The molecule has 1 N–H and O–H groups in total. The highest BCUT2D eigenvalue weighted by Gasteiger charge is 2.23. The molecule has 0 spiro atoms. The summed E-state index contributed by atoms with van der Waals surface area (Å²) in [6.45, 7) is 6.05. The van der Waals surface area contributed by atoms with Crippen LogP contribution in [0.5, 0.6) is 0 Å². The summed E-state index contributed by atoms with van der Waals surface area (Å²) in [5.74, 6) is -0.718. The average Bonchev–Trinajstić information content (AvgIpc) is 3.23. The second-order valence-corrected chi connectivity index (χ2v) is 5.50. The number of aliphatic carboxylic acids is 1. The van der Waals surface area contributed by atoms with Gasteiger partial charge in [-0.2, -0.15) is 0 Å². The van der Waals surface area contributed by atoms with Gasteiger partial charge in [0.1, 0.15) is 0 Å². The van der Waals surface area contributed by atoms with E-state index in [4.69, 9.17) is 9.84 Å². The van der Waals surface area contributed by atoms with Crippen LogP contribution in [-0.2, 0) is 9.53 Å². The normalized spacial score (nSPS) is 15.8. The third-order valence-electron chi connectivity index (χ3n) is 3.52. The minimum absolute atomic E-state index is 0.143. The van der Waals surface area contributed by atoms with E-state index in [2.05, 4.69) is 0 Å². The maximum absolute atomic E-state index is 12.2. The van der Waals surface area contributed by atoms with Gasteiger partial charge in [0.15, 0.2) is 0 Å². The van der Waals surface area contributed by atoms with Gasteiger partial charge >= 0.3 is 12.0 Å². The van der Waals surface area contributed by atoms with Crippen LogP contribution in [0.1, 0.15) is 26.7 Å².